The van der Waals surface area contributed by atoms with Gasteiger partial charge in [-0.1, -0.05) is 0 Å². The van der Waals surface area contributed by atoms with Gasteiger partial charge in [-0.05, 0) is 63.2 Å². The maximum atomic E-state index is 12.9. The Morgan fingerprint density at radius 1 is 1.22 bits per heavy atom. The number of nitrogens with zero attached hydrogens (tertiary/aromatic N) is 1. The SMILES string of the molecule is CC(CN)N(C)C(=O)C12CC3CC(CC(C3)C1)C2. The second-order valence-corrected chi connectivity index (χ2v) is 7.20. The van der Waals surface area contributed by atoms with Gasteiger partial charge in [0.05, 0.1) is 5.41 Å². The third-order valence-electron chi connectivity index (χ3n) is 5.81. The van der Waals surface area contributed by atoms with Crippen LogP contribution in [0.3, 0.4) is 0 Å². The van der Waals surface area contributed by atoms with Crippen LogP contribution in [0, 0.1) is 23.2 Å². The molecule has 3 nitrogen and oxygen atoms in total. The van der Waals surface area contributed by atoms with Gasteiger partial charge in [-0.25, -0.2) is 0 Å². The molecule has 1 atom stereocenters. The van der Waals surface area contributed by atoms with Crippen molar-refractivity contribution in [3.63, 3.8) is 0 Å². The smallest absolute Gasteiger partial charge is 0.228 e. The quantitative estimate of drug-likeness (QED) is 0.833. The average Bonchev–Trinajstić information content (AvgIpc) is 2.34. The first-order valence-corrected chi connectivity index (χ1v) is 7.51. The number of nitrogens with two attached hydrogens (primary N) is 1. The van der Waals surface area contributed by atoms with Crippen molar-refractivity contribution in [2.75, 3.05) is 13.6 Å². The van der Waals surface area contributed by atoms with Crippen LogP contribution in [0.4, 0.5) is 0 Å². The van der Waals surface area contributed by atoms with Gasteiger partial charge in [-0.2, -0.15) is 0 Å². The molecule has 4 bridgehead atoms. The lowest BCUT2D eigenvalue weighted by Gasteiger charge is -2.56. The summed E-state index contributed by atoms with van der Waals surface area (Å²) in [4.78, 5) is 14.8. The molecule has 4 aliphatic rings. The zero-order valence-electron chi connectivity index (χ0n) is 11.7. The predicted octanol–water partition coefficient (Wildman–Crippen LogP) is 2.01. The van der Waals surface area contributed by atoms with Crippen molar-refractivity contribution in [1.82, 2.24) is 4.90 Å². The summed E-state index contributed by atoms with van der Waals surface area (Å²) in [5.41, 5.74) is 5.70. The summed E-state index contributed by atoms with van der Waals surface area (Å²) < 4.78 is 0. The van der Waals surface area contributed by atoms with E-state index in [0.717, 1.165) is 37.0 Å². The second-order valence-electron chi connectivity index (χ2n) is 7.20. The molecule has 1 unspecified atom stereocenters. The third kappa shape index (κ3) is 1.78. The van der Waals surface area contributed by atoms with Crippen molar-refractivity contribution in [1.29, 1.82) is 0 Å². The van der Waals surface area contributed by atoms with E-state index in [4.69, 9.17) is 5.73 Å². The van der Waals surface area contributed by atoms with Crippen molar-refractivity contribution in [2.24, 2.45) is 28.9 Å². The molecule has 0 aromatic rings. The molecule has 4 aliphatic carbocycles. The molecular formula is C15H26N2O. The summed E-state index contributed by atoms with van der Waals surface area (Å²) in [5, 5.41) is 0. The third-order valence-corrected chi connectivity index (χ3v) is 5.81. The fraction of sp³-hybridized carbons (Fsp3) is 0.933. The fourth-order valence-corrected chi connectivity index (χ4v) is 5.10. The minimum absolute atomic E-state index is 0.00701. The standard InChI is InChI=1S/C15H26N2O/c1-10(9-16)17(2)14(18)15-6-11-3-12(7-15)5-13(4-11)8-15/h10-13H,3-9,16H2,1-2H3. The van der Waals surface area contributed by atoms with E-state index in [9.17, 15) is 4.79 Å². The van der Waals surface area contributed by atoms with Gasteiger partial charge in [-0.15, -0.1) is 0 Å². The summed E-state index contributed by atoms with van der Waals surface area (Å²) in [6.07, 6.45) is 7.63. The number of amides is 1. The van der Waals surface area contributed by atoms with Crippen LogP contribution in [0.15, 0.2) is 0 Å². The van der Waals surface area contributed by atoms with E-state index < -0.39 is 0 Å². The van der Waals surface area contributed by atoms with Crippen LogP contribution in [0.1, 0.15) is 45.4 Å². The lowest BCUT2D eigenvalue weighted by atomic mass is 9.49. The molecule has 4 saturated carbocycles. The molecule has 1 amide bonds. The summed E-state index contributed by atoms with van der Waals surface area (Å²) in [6.45, 7) is 2.62. The van der Waals surface area contributed by atoms with Gasteiger partial charge in [0.15, 0.2) is 0 Å². The average molecular weight is 250 g/mol. The van der Waals surface area contributed by atoms with Crippen molar-refractivity contribution >= 4 is 5.91 Å². The van der Waals surface area contributed by atoms with Crippen molar-refractivity contribution in [3.05, 3.63) is 0 Å². The number of hydrogen-bond acceptors (Lipinski definition) is 2. The van der Waals surface area contributed by atoms with Crippen LogP contribution in [0.2, 0.25) is 0 Å². The lowest BCUT2D eigenvalue weighted by molar-refractivity contribution is -0.158. The van der Waals surface area contributed by atoms with E-state index in [1.54, 1.807) is 0 Å². The van der Waals surface area contributed by atoms with Crippen LogP contribution >= 0.6 is 0 Å². The Morgan fingerprint density at radius 3 is 2.06 bits per heavy atom. The van der Waals surface area contributed by atoms with Crippen molar-refractivity contribution in [2.45, 2.75) is 51.5 Å². The largest absolute Gasteiger partial charge is 0.341 e. The maximum Gasteiger partial charge on any atom is 0.228 e. The normalized spacial score (nSPS) is 42.9. The fourth-order valence-electron chi connectivity index (χ4n) is 5.10. The van der Waals surface area contributed by atoms with E-state index in [2.05, 4.69) is 6.92 Å². The number of likely N-dealkylation sites (N-methyl/N-ethyl adjacent to an activating group) is 1. The van der Waals surface area contributed by atoms with Crippen molar-refractivity contribution < 1.29 is 4.79 Å². The Morgan fingerprint density at radius 2 is 1.67 bits per heavy atom. The van der Waals surface area contributed by atoms with E-state index in [-0.39, 0.29) is 11.5 Å². The first-order chi connectivity index (χ1) is 8.54. The van der Waals surface area contributed by atoms with Crippen LogP contribution in [-0.4, -0.2) is 30.4 Å². The second kappa shape index (κ2) is 4.22. The van der Waals surface area contributed by atoms with Gasteiger partial charge in [0.25, 0.3) is 0 Å². The van der Waals surface area contributed by atoms with Gasteiger partial charge < -0.3 is 10.6 Å². The minimum atomic E-state index is -0.00701. The van der Waals surface area contributed by atoms with Crippen LogP contribution in [-0.2, 0) is 4.79 Å². The Kier molecular flexibility index (Phi) is 2.92. The molecule has 0 heterocycles. The highest BCUT2D eigenvalue weighted by atomic mass is 16.2. The maximum absolute atomic E-state index is 12.9. The predicted molar refractivity (Wildman–Crippen MR) is 71.9 cm³/mol. The number of carbonyl (C=O) groups excluding carboxylic acids is 1. The Balaban J connectivity index is 1.80. The Bertz CT molecular complexity index is 317. The lowest BCUT2D eigenvalue weighted by Crippen LogP contribution is -2.56. The van der Waals surface area contributed by atoms with E-state index in [1.165, 1.54) is 19.3 Å². The van der Waals surface area contributed by atoms with Gasteiger partial charge in [0.2, 0.25) is 5.91 Å². The first-order valence-electron chi connectivity index (χ1n) is 7.51. The van der Waals surface area contributed by atoms with Gasteiger partial charge in [0, 0.05) is 19.6 Å². The Labute approximate surface area is 110 Å². The highest BCUT2D eigenvalue weighted by Crippen LogP contribution is 2.60. The molecule has 0 aromatic carbocycles. The number of hydrogen-bond donors (Lipinski definition) is 1. The molecule has 0 aromatic heterocycles. The Hall–Kier alpha value is -0.570. The van der Waals surface area contributed by atoms with Crippen LogP contribution < -0.4 is 5.73 Å². The van der Waals surface area contributed by atoms with Gasteiger partial charge in [0.1, 0.15) is 0 Å². The number of rotatable bonds is 3. The zero-order chi connectivity index (χ0) is 12.9. The molecule has 4 rings (SSSR count). The zero-order valence-corrected chi connectivity index (χ0v) is 11.7. The number of carbonyl (C=O) groups is 1. The highest BCUT2D eigenvalue weighted by molar-refractivity contribution is 5.83. The molecule has 4 fully saturated rings. The van der Waals surface area contributed by atoms with E-state index >= 15 is 0 Å². The summed E-state index contributed by atoms with van der Waals surface area (Å²) in [6, 6.07) is 0.172. The highest BCUT2D eigenvalue weighted by Gasteiger charge is 2.55. The van der Waals surface area contributed by atoms with Crippen LogP contribution in [0.25, 0.3) is 0 Å². The van der Waals surface area contributed by atoms with E-state index in [1.807, 2.05) is 11.9 Å². The topological polar surface area (TPSA) is 46.3 Å². The summed E-state index contributed by atoms with van der Waals surface area (Å²) in [7, 11) is 1.94. The monoisotopic (exact) mass is 250 g/mol. The molecule has 0 spiro atoms. The van der Waals surface area contributed by atoms with Crippen LogP contribution in [0.5, 0.6) is 0 Å². The van der Waals surface area contributed by atoms with Crippen molar-refractivity contribution in [3.8, 4) is 0 Å². The summed E-state index contributed by atoms with van der Waals surface area (Å²) >= 11 is 0. The molecule has 3 heteroatoms. The molecule has 0 aliphatic heterocycles. The molecule has 0 radical (unpaired) electrons. The van der Waals surface area contributed by atoms with Gasteiger partial charge in [-0.3, -0.25) is 4.79 Å². The minimum Gasteiger partial charge on any atom is -0.341 e. The molecule has 2 N–H and O–H groups in total. The first kappa shape index (κ1) is 12.5. The molecule has 18 heavy (non-hydrogen) atoms. The van der Waals surface area contributed by atoms with Gasteiger partial charge >= 0.3 is 0 Å². The molecular weight excluding hydrogens is 224 g/mol. The molecule has 102 valence electrons. The van der Waals surface area contributed by atoms with E-state index in [0.29, 0.717) is 12.5 Å². The summed E-state index contributed by atoms with van der Waals surface area (Å²) in [5.74, 6) is 2.89. The molecule has 0 saturated heterocycles.